The molecule has 2 amide bonds. The molecule has 3 N–H and O–H groups in total. The summed E-state index contributed by atoms with van der Waals surface area (Å²) >= 11 is 0. The van der Waals surface area contributed by atoms with Gasteiger partial charge in [0.1, 0.15) is 4.92 Å². The first-order chi connectivity index (χ1) is 7.50. The molecule has 0 saturated carbocycles. The molecule has 9 heteroatoms. The van der Waals surface area contributed by atoms with Crippen molar-refractivity contribution in [2.75, 3.05) is 6.61 Å². The maximum atomic E-state index is 11.2. The lowest BCUT2D eigenvalue weighted by Gasteiger charge is -2.00. The van der Waals surface area contributed by atoms with E-state index >= 15 is 0 Å². The van der Waals surface area contributed by atoms with Crippen molar-refractivity contribution in [3.63, 3.8) is 0 Å². The van der Waals surface area contributed by atoms with E-state index in [0.717, 1.165) is 12.1 Å². The van der Waals surface area contributed by atoms with Crippen LogP contribution in [0.3, 0.4) is 0 Å². The van der Waals surface area contributed by atoms with Crippen LogP contribution in [-0.2, 0) is 9.63 Å². The fourth-order valence-corrected chi connectivity index (χ4v) is 0.771. The number of carbonyl (C=O) groups excluding carboxylic acids is 2. The van der Waals surface area contributed by atoms with Crippen LogP contribution in [0.15, 0.2) is 16.5 Å². The predicted octanol–water partition coefficient (Wildman–Crippen LogP) is -0.665. The Labute approximate surface area is 88.3 Å². The number of furan rings is 1. The van der Waals surface area contributed by atoms with E-state index in [9.17, 15) is 19.7 Å². The predicted molar refractivity (Wildman–Crippen MR) is 48.0 cm³/mol. The maximum absolute atomic E-state index is 11.2. The number of hydrogen-bond donors (Lipinski definition) is 2. The van der Waals surface area contributed by atoms with Crippen LogP contribution >= 0.6 is 0 Å². The van der Waals surface area contributed by atoms with Gasteiger partial charge in [-0.1, -0.05) is 0 Å². The van der Waals surface area contributed by atoms with Gasteiger partial charge in [0, 0.05) is 0 Å². The lowest BCUT2D eigenvalue weighted by molar-refractivity contribution is -0.402. The van der Waals surface area contributed by atoms with Gasteiger partial charge in [-0.05, 0) is 6.07 Å². The highest BCUT2D eigenvalue weighted by molar-refractivity contribution is 5.91. The molecule has 0 fully saturated rings. The van der Waals surface area contributed by atoms with Gasteiger partial charge < -0.3 is 10.2 Å². The Morgan fingerprint density at radius 1 is 1.56 bits per heavy atom. The van der Waals surface area contributed by atoms with Crippen molar-refractivity contribution in [3.8, 4) is 0 Å². The van der Waals surface area contributed by atoms with Gasteiger partial charge in [-0.2, -0.15) is 0 Å². The molecule has 0 aliphatic heterocycles. The first kappa shape index (κ1) is 11.7. The first-order valence-electron chi connectivity index (χ1n) is 3.95. The van der Waals surface area contributed by atoms with Gasteiger partial charge in [-0.15, -0.1) is 0 Å². The van der Waals surface area contributed by atoms with Gasteiger partial charge in [0.2, 0.25) is 11.7 Å². The SMILES string of the molecule is NC(=O)CONC(=O)c1ccc([N+](=O)[O-])o1. The molecule has 0 radical (unpaired) electrons. The van der Waals surface area contributed by atoms with Crippen molar-refractivity contribution in [1.29, 1.82) is 0 Å². The van der Waals surface area contributed by atoms with Gasteiger partial charge in [0.15, 0.2) is 6.61 Å². The summed E-state index contributed by atoms with van der Waals surface area (Å²) in [5.41, 5.74) is 6.56. The fourth-order valence-electron chi connectivity index (χ4n) is 0.771. The molecule has 16 heavy (non-hydrogen) atoms. The van der Waals surface area contributed by atoms with Gasteiger partial charge in [0.25, 0.3) is 0 Å². The largest absolute Gasteiger partial charge is 0.433 e. The molecule has 0 aliphatic carbocycles. The topological polar surface area (TPSA) is 138 Å². The molecular formula is C7H7N3O6. The van der Waals surface area contributed by atoms with Crippen molar-refractivity contribution in [1.82, 2.24) is 5.48 Å². The summed E-state index contributed by atoms with van der Waals surface area (Å²) in [4.78, 5) is 35.2. The molecule has 0 unspecified atom stereocenters. The third-order valence-corrected chi connectivity index (χ3v) is 1.37. The number of amides is 2. The summed E-state index contributed by atoms with van der Waals surface area (Å²) in [5, 5.41) is 10.2. The molecule has 1 aromatic rings. The van der Waals surface area contributed by atoms with Crippen LogP contribution in [0.2, 0.25) is 0 Å². The van der Waals surface area contributed by atoms with Crippen molar-refractivity contribution < 1.29 is 23.8 Å². The zero-order valence-electron chi connectivity index (χ0n) is 7.84. The van der Waals surface area contributed by atoms with Gasteiger partial charge in [-0.3, -0.25) is 24.5 Å². The van der Waals surface area contributed by atoms with E-state index in [1.807, 2.05) is 5.48 Å². The van der Waals surface area contributed by atoms with E-state index in [1.54, 1.807) is 0 Å². The minimum Gasteiger partial charge on any atom is -0.395 e. The standard InChI is InChI=1S/C7H7N3O6/c8-5(11)3-15-9-7(12)4-1-2-6(16-4)10(13)14/h1-2H,3H2,(H2,8,11)(H,9,12). The smallest absolute Gasteiger partial charge is 0.395 e. The Morgan fingerprint density at radius 3 is 2.75 bits per heavy atom. The van der Waals surface area contributed by atoms with E-state index in [4.69, 9.17) is 5.73 Å². The molecule has 0 aliphatic rings. The second-order valence-electron chi connectivity index (χ2n) is 2.58. The number of primary amides is 1. The third-order valence-electron chi connectivity index (χ3n) is 1.37. The Hall–Kier alpha value is -2.42. The summed E-state index contributed by atoms with van der Waals surface area (Å²) in [7, 11) is 0. The number of nitrogens with one attached hydrogen (secondary N) is 1. The minimum atomic E-state index is -0.852. The fraction of sp³-hybridized carbons (Fsp3) is 0.143. The van der Waals surface area contributed by atoms with Crippen molar-refractivity contribution >= 4 is 17.7 Å². The number of hydroxylamine groups is 1. The van der Waals surface area contributed by atoms with Gasteiger partial charge >= 0.3 is 11.8 Å². The lowest BCUT2D eigenvalue weighted by Crippen LogP contribution is -2.29. The molecule has 86 valence electrons. The van der Waals surface area contributed by atoms with Crippen molar-refractivity contribution in [2.24, 2.45) is 5.73 Å². The summed E-state index contributed by atoms with van der Waals surface area (Å²) in [6.07, 6.45) is 0. The summed E-state index contributed by atoms with van der Waals surface area (Å²) < 4.78 is 4.56. The van der Waals surface area contributed by atoms with E-state index in [1.165, 1.54) is 0 Å². The summed E-state index contributed by atoms with van der Waals surface area (Å²) in [6, 6.07) is 2.12. The van der Waals surface area contributed by atoms with Gasteiger partial charge in [0.05, 0.1) is 6.07 Å². The van der Waals surface area contributed by atoms with Crippen LogP contribution in [-0.4, -0.2) is 23.3 Å². The summed E-state index contributed by atoms with van der Waals surface area (Å²) in [5.74, 6) is -2.50. The Bertz CT molecular complexity index is 426. The molecule has 1 aromatic heterocycles. The summed E-state index contributed by atoms with van der Waals surface area (Å²) in [6.45, 7) is -0.505. The second-order valence-corrected chi connectivity index (χ2v) is 2.58. The Morgan fingerprint density at radius 2 is 2.25 bits per heavy atom. The van der Waals surface area contributed by atoms with Gasteiger partial charge in [-0.25, -0.2) is 5.48 Å². The molecule has 1 heterocycles. The third kappa shape index (κ3) is 3.06. The molecule has 9 nitrogen and oxygen atoms in total. The number of rotatable bonds is 5. The lowest BCUT2D eigenvalue weighted by atomic mass is 10.4. The Kier molecular flexibility index (Phi) is 3.56. The number of nitro groups is 1. The number of nitrogens with two attached hydrogens (primary N) is 1. The van der Waals surface area contributed by atoms with Crippen LogP contribution in [0.25, 0.3) is 0 Å². The van der Waals surface area contributed by atoms with E-state index in [-0.39, 0.29) is 5.76 Å². The van der Waals surface area contributed by atoms with E-state index in [2.05, 4.69) is 9.25 Å². The highest BCUT2D eigenvalue weighted by atomic mass is 16.7. The minimum absolute atomic E-state index is 0.309. The van der Waals surface area contributed by atoms with Crippen LogP contribution in [0, 0.1) is 10.1 Å². The molecule has 1 rings (SSSR count). The molecule has 0 aromatic carbocycles. The molecule has 0 saturated heterocycles. The first-order valence-corrected chi connectivity index (χ1v) is 3.95. The monoisotopic (exact) mass is 229 g/mol. The van der Waals surface area contributed by atoms with Crippen LogP contribution in [0.4, 0.5) is 5.88 Å². The van der Waals surface area contributed by atoms with Crippen LogP contribution in [0.1, 0.15) is 10.6 Å². The average molecular weight is 229 g/mol. The van der Waals surface area contributed by atoms with Crippen LogP contribution < -0.4 is 11.2 Å². The average Bonchev–Trinajstić information content (AvgIpc) is 2.65. The normalized spacial score (nSPS) is 9.75. The molecule has 0 bridgehead atoms. The zero-order chi connectivity index (χ0) is 12.1. The van der Waals surface area contributed by atoms with Crippen molar-refractivity contribution in [2.45, 2.75) is 0 Å². The van der Waals surface area contributed by atoms with E-state index in [0.29, 0.717) is 0 Å². The number of nitrogens with zero attached hydrogens (tertiary/aromatic N) is 1. The molecule has 0 spiro atoms. The molecule has 0 atom stereocenters. The Balaban J connectivity index is 2.53. The number of carbonyl (C=O) groups is 2. The maximum Gasteiger partial charge on any atom is 0.433 e. The second kappa shape index (κ2) is 4.89. The zero-order valence-corrected chi connectivity index (χ0v) is 7.84. The van der Waals surface area contributed by atoms with Crippen molar-refractivity contribution in [3.05, 3.63) is 28.0 Å². The number of hydrogen-bond acceptors (Lipinski definition) is 6. The van der Waals surface area contributed by atoms with Crippen LogP contribution in [0.5, 0.6) is 0 Å². The molecular weight excluding hydrogens is 222 g/mol. The highest BCUT2D eigenvalue weighted by Gasteiger charge is 2.17. The highest BCUT2D eigenvalue weighted by Crippen LogP contribution is 2.15. The van der Waals surface area contributed by atoms with E-state index < -0.39 is 29.2 Å². The quantitative estimate of drug-likeness (QED) is 0.507.